The molecule has 1 saturated carbocycles. The number of hydrogen-bond donors (Lipinski definition) is 3. The van der Waals surface area contributed by atoms with Gasteiger partial charge in [0.15, 0.2) is 0 Å². The van der Waals surface area contributed by atoms with Crippen molar-refractivity contribution in [3.63, 3.8) is 0 Å². The molecule has 10 nitrogen and oxygen atoms in total. The van der Waals surface area contributed by atoms with Gasteiger partial charge in [0.05, 0.1) is 13.2 Å². The van der Waals surface area contributed by atoms with Gasteiger partial charge >= 0.3 is 12.1 Å². The van der Waals surface area contributed by atoms with Crippen LogP contribution in [0.1, 0.15) is 65.7 Å². The zero-order chi connectivity index (χ0) is 25.1. The smallest absolute Gasteiger partial charge is 0.408 e. The van der Waals surface area contributed by atoms with E-state index in [-0.39, 0.29) is 18.9 Å². The Bertz CT molecular complexity index is 837. The number of aliphatic hydroxyl groups is 1. The molecule has 1 saturated heterocycles. The summed E-state index contributed by atoms with van der Waals surface area (Å²) in [5.41, 5.74) is -1.88. The lowest BCUT2D eigenvalue weighted by atomic mass is 10.0. The first-order valence-corrected chi connectivity index (χ1v) is 12.0. The highest BCUT2D eigenvalue weighted by Gasteiger charge is 2.62. The number of aliphatic hydroxyl groups excluding tert-OH is 1. The molecule has 3 amide bonds. The highest BCUT2D eigenvalue weighted by atomic mass is 16.6. The number of carbonyl (C=O) groups is 4. The lowest BCUT2D eigenvalue weighted by Gasteiger charge is -2.30. The van der Waals surface area contributed by atoms with Gasteiger partial charge in [-0.3, -0.25) is 9.59 Å². The highest BCUT2D eigenvalue weighted by molar-refractivity contribution is 5.96. The van der Waals surface area contributed by atoms with Gasteiger partial charge in [0.25, 0.3) is 0 Å². The molecule has 0 aromatic rings. The van der Waals surface area contributed by atoms with Crippen LogP contribution in [0, 0.1) is 5.92 Å². The van der Waals surface area contributed by atoms with E-state index in [4.69, 9.17) is 9.47 Å². The Kier molecular flexibility index (Phi) is 7.90. The SMILES string of the molecule is COC(=O)[C@@]12CC1C=CCCCCC[C@H](NC(=O)OC(C)(C)C)C(=O)N1C[C@@H](O)C[C@H]1C(=O)N2. The average Bonchev–Trinajstić information content (AvgIpc) is 3.29. The number of ether oxygens (including phenoxy) is 2. The standard InChI is InChI=1S/C24H37N3O7/c1-23(2,3)34-22(32)25-17-11-9-7-5-6-8-10-15-13-24(15,21(31)33-4)26-19(29)18-12-16(28)14-27(18)20(17)30/h8,10,15-18,28H,5-7,9,11-14H2,1-4H3,(H,25,32)(H,26,29)/t15?,16-,17-,18-,24+/m0/s1. The van der Waals surface area contributed by atoms with Gasteiger partial charge in [0.1, 0.15) is 23.2 Å². The van der Waals surface area contributed by atoms with Crippen molar-refractivity contribution in [1.29, 1.82) is 0 Å². The molecule has 1 unspecified atom stereocenters. The van der Waals surface area contributed by atoms with Gasteiger partial charge in [0.2, 0.25) is 11.8 Å². The molecule has 10 heteroatoms. The van der Waals surface area contributed by atoms with E-state index in [1.54, 1.807) is 20.8 Å². The summed E-state index contributed by atoms with van der Waals surface area (Å²) >= 11 is 0. The molecule has 0 bridgehead atoms. The minimum Gasteiger partial charge on any atom is -0.467 e. The minimum atomic E-state index is -1.15. The summed E-state index contributed by atoms with van der Waals surface area (Å²) in [7, 11) is 1.28. The third kappa shape index (κ3) is 6.08. The second-order valence-electron chi connectivity index (χ2n) is 10.4. The van der Waals surface area contributed by atoms with Crippen LogP contribution in [0.5, 0.6) is 0 Å². The minimum absolute atomic E-state index is 0.0298. The van der Waals surface area contributed by atoms with Gasteiger partial charge in [-0.2, -0.15) is 0 Å². The molecule has 34 heavy (non-hydrogen) atoms. The van der Waals surface area contributed by atoms with Crippen LogP contribution < -0.4 is 10.6 Å². The van der Waals surface area contributed by atoms with Crippen LogP contribution in [0.25, 0.3) is 0 Å². The summed E-state index contributed by atoms with van der Waals surface area (Å²) in [6.07, 6.45) is 6.45. The van der Waals surface area contributed by atoms with Crippen LogP contribution in [-0.2, 0) is 23.9 Å². The van der Waals surface area contributed by atoms with Crippen molar-refractivity contribution in [2.24, 2.45) is 5.92 Å². The maximum atomic E-state index is 13.5. The second-order valence-corrected chi connectivity index (χ2v) is 10.4. The van der Waals surface area contributed by atoms with Gasteiger partial charge in [-0.25, -0.2) is 9.59 Å². The lowest BCUT2D eigenvalue weighted by molar-refractivity contribution is -0.148. The fourth-order valence-corrected chi connectivity index (χ4v) is 4.70. The maximum Gasteiger partial charge on any atom is 0.408 e. The Morgan fingerprint density at radius 2 is 1.97 bits per heavy atom. The first-order chi connectivity index (χ1) is 16.0. The number of esters is 1. The van der Waals surface area contributed by atoms with Crippen molar-refractivity contribution in [3.05, 3.63) is 12.2 Å². The van der Waals surface area contributed by atoms with Gasteiger partial charge in [-0.05, 0) is 46.5 Å². The first kappa shape index (κ1) is 26.0. The topological polar surface area (TPSA) is 134 Å². The lowest BCUT2D eigenvalue weighted by Crippen LogP contribution is -2.56. The monoisotopic (exact) mass is 479 g/mol. The molecule has 2 aliphatic heterocycles. The molecule has 0 aromatic heterocycles. The molecule has 2 heterocycles. The van der Waals surface area contributed by atoms with Gasteiger partial charge in [-0.15, -0.1) is 0 Å². The molecule has 3 rings (SSSR count). The predicted molar refractivity (Wildman–Crippen MR) is 123 cm³/mol. The summed E-state index contributed by atoms with van der Waals surface area (Å²) in [5.74, 6) is -1.67. The van der Waals surface area contributed by atoms with Crippen molar-refractivity contribution >= 4 is 23.9 Å². The number of hydrogen-bond acceptors (Lipinski definition) is 7. The third-order valence-electron chi connectivity index (χ3n) is 6.50. The van der Waals surface area contributed by atoms with E-state index in [1.807, 2.05) is 12.2 Å². The van der Waals surface area contributed by atoms with E-state index in [2.05, 4.69) is 10.6 Å². The molecule has 5 atom stereocenters. The normalized spacial score (nSPS) is 32.4. The second kappa shape index (κ2) is 10.3. The summed E-state index contributed by atoms with van der Waals surface area (Å²) in [6.45, 7) is 5.17. The van der Waals surface area contributed by atoms with E-state index < -0.39 is 53.2 Å². The molecule has 0 aromatic carbocycles. The van der Waals surface area contributed by atoms with Crippen LogP contribution in [0.15, 0.2) is 12.2 Å². The van der Waals surface area contributed by atoms with Crippen LogP contribution >= 0.6 is 0 Å². The molecule has 0 spiro atoms. The summed E-state index contributed by atoms with van der Waals surface area (Å²) in [4.78, 5) is 53.0. The van der Waals surface area contributed by atoms with Crippen LogP contribution in [-0.4, -0.2) is 76.9 Å². The number of amides is 3. The van der Waals surface area contributed by atoms with Crippen molar-refractivity contribution < 1.29 is 33.8 Å². The van der Waals surface area contributed by atoms with E-state index in [9.17, 15) is 24.3 Å². The van der Waals surface area contributed by atoms with Crippen molar-refractivity contribution in [3.8, 4) is 0 Å². The van der Waals surface area contributed by atoms with Gasteiger partial charge in [-0.1, -0.05) is 25.0 Å². The quantitative estimate of drug-likeness (QED) is 0.403. The Hall–Kier alpha value is -2.62. The Labute approximate surface area is 200 Å². The zero-order valence-electron chi connectivity index (χ0n) is 20.5. The Morgan fingerprint density at radius 3 is 2.65 bits per heavy atom. The van der Waals surface area contributed by atoms with Crippen LogP contribution in [0.4, 0.5) is 4.79 Å². The number of allylic oxidation sites excluding steroid dienone is 1. The summed E-state index contributed by atoms with van der Waals surface area (Å²) in [5, 5.41) is 15.7. The summed E-state index contributed by atoms with van der Waals surface area (Å²) in [6, 6.07) is -1.85. The van der Waals surface area contributed by atoms with Crippen LogP contribution in [0.3, 0.4) is 0 Å². The van der Waals surface area contributed by atoms with Crippen LogP contribution in [0.2, 0.25) is 0 Å². The number of alkyl carbamates (subject to hydrolysis) is 1. The molecule has 0 radical (unpaired) electrons. The highest BCUT2D eigenvalue weighted by Crippen LogP contribution is 2.46. The molecule has 190 valence electrons. The molecular formula is C24H37N3O7. The molecule has 1 aliphatic carbocycles. The van der Waals surface area contributed by atoms with E-state index in [1.165, 1.54) is 12.0 Å². The maximum absolute atomic E-state index is 13.5. The molecule has 3 aliphatic rings. The number of nitrogens with zero attached hydrogens (tertiary/aromatic N) is 1. The number of fused-ring (bicyclic) bond motifs is 2. The predicted octanol–water partition coefficient (Wildman–Crippen LogP) is 1.41. The Balaban J connectivity index is 1.84. The van der Waals surface area contributed by atoms with E-state index in [0.29, 0.717) is 19.3 Å². The van der Waals surface area contributed by atoms with E-state index >= 15 is 0 Å². The van der Waals surface area contributed by atoms with Crippen molar-refractivity contribution in [2.75, 3.05) is 13.7 Å². The molecule has 2 fully saturated rings. The average molecular weight is 480 g/mol. The fourth-order valence-electron chi connectivity index (χ4n) is 4.70. The molecular weight excluding hydrogens is 442 g/mol. The summed E-state index contributed by atoms with van der Waals surface area (Å²) < 4.78 is 10.3. The van der Waals surface area contributed by atoms with Crippen molar-refractivity contribution in [2.45, 2.75) is 95.0 Å². The van der Waals surface area contributed by atoms with Crippen molar-refractivity contribution in [1.82, 2.24) is 15.5 Å². The number of carbonyl (C=O) groups excluding carboxylic acids is 4. The van der Waals surface area contributed by atoms with E-state index in [0.717, 1.165) is 19.3 Å². The third-order valence-corrected chi connectivity index (χ3v) is 6.50. The Morgan fingerprint density at radius 1 is 1.24 bits per heavy atom. The number of methoxy groups -OCH3 is 1. The van der Waals surface area contributed by atoms with Gasteiger partial charge in [0, 0.05) is 18.9 Å². The molecule has 3 N–H and O–H groups in total. The first-order valence-electron chi connectivity index (χ1n) is 12.0. The largest absolute Gasteiger partial charge is 0.467 e. The number of rotatable bonds is 2. The number of nitrogens with one attached hydrogen (secondary N) is 2. The zero-order valence-corrected chi connectivity index (χ0v) is 20.5. The fraction of sp³-hybridized carbons (Fsp3) is 0.750. The van der Waals surface area contributed by atoms with Gasteiger partial charge < -0.3 is 30.1 Å².